The topological polar surface area (TPSA) is 51.6 Å². The lowest BCUT2D eigenvalue weighted by Gasteiger charge is -2.22. The molecule has 0 aliphatic heterocycles. The van der Waals surface area contributed by atoms with Gasteiger partial charge in [-0.2, -0.15) is 0 Å². The van der Waals surface area contributed by atoms with Gasteiger partial charge in [-0.1, -0.05) is 111 Å². The summed E-state index contributed by atoms with van der Waals surface area (Å²) in [5.74, 6) is 0. The van der Waals surface area contributed by atoms with Crippen LogP contribution >= 0.6 is 11.3 Å². The van der Waals surface area contributed by atoms with Crippen molar-refractivity contribution in [1.82, 2.24) is 19.9 Å². The average molecular weight is 663 g/mol. The van der Waals surface area contributed by atoms with Gasteiger partial charge >= 0.3 is 0 Å². The number of rotatable bonds is 2. The van der Waals surface area contributed by atoms with E-state index in [-0.39, 0.29) is 5.41 Å². The lowest BCUT2D eigenvalue weighted by Crippen LogP contribution is -2.15. The zero-order valence-electron chi connectivity index (χ0n) is 28.4. The van der Waals surface area contributed by atoms with Gasteiger partial charge in [-0.3, -0.25) is 0 Å². The number of aryl methyl sites for hydroxylation is 2. The minimum Gasteiger partial charge on any atom is -0.249 e. The van der Waals surface area contributed by atoms with E-state index >= 15 is 0 Å². The SMILES string of the molecule is Cc1nc2ccccc2nc1-c1ccc2c(c1)C(C)(C)c1ccccc1-2.Cc1nc2ccccc2nc1-c1cccc2c1sc1ccccc12. The molecule has 0 unspecified atom stereocenters. The van der Waals surface area contributed by atoms with E-state index in [2.05, 4.69) is 98.8 Å². The summed E-state index contributed by atoms with van der Waals surface area (Å²) in [6.45, 7) is 8.70. The van der Waals surface area contributed by atoms with Crippen LogP contribution in [-0.2, 0) is 5.41 Å². The second kappa shape index (κ2) is 11.7. The largest absolute Gasteiger partial charge is 0.249 e. The Morgan fingerprint density at radius 3 is 1.74 bits per heavy atom. The van der Waals surface area contributed by atoms with Crippen molar-refractivity contribution in [3.05, 3.63) is 156 Å². The van der Waals surface area contributed by atoms with Crippen molar-refractivity contribution < 1.29 is 0 Å². The quantitative estimate of drug-likeness (QED) is 0.185. The lowest BCUT2D eigenvalue weighted by atomic mass is 9.82. The fourth-order valence-corrected chi connectivity index (χ4v) is 8.71. The van der Waals surface area contributed by atoms with E-state index in [1.165, 1.54) is 48.0 Å². The predicted molar refractivity (Wildman–Crippen MR) is 210 cm³/mol. The number of thiophene rings is 1. The van der Waals surface area contributed by atoms with Gasteiger partial charge in [0.05, 0.1) is 44.8 Å². The van der Waals surface area contributed by atoms with Crippen LogP contribution in [0.15, 0.2) is 133 Å². The minimum absolute atomic E-state index is 0.000117. The summed E-state index contributed by atoms with van der Waals surface area (Å²) in [6.07, 6.45) is 0. The molecule has 0 spiro atoms. The van der Waals surface area contributed by atoms with Crippen LogP contribution in [0.3, 0.4) is 0 Å². The highest BCUT2D eigenvalue weighted by Gasteiger charge is 2.35. The highest BCUT2D eigenvalue weighted by atomic mass is 32.1. The van der Waals surface area contributed by atoms with E-state index in [9.17, 15) is 0 Å². The van der Waals surface area contributed by atoms with Crippen molar-refractivity contribution in [1.29, 1.82) is 0 Å². The molecule has 1 aliphatic rings. The Bertz CT molecular complexity index is 2780. The average Bonchev–Trinajstić information content (AvgIpc) is 3.63. The first kappa shape index (κ1) is 30.3. The fraction of sp³-hybridized carbons (Fsp3) is 0.111. The van der Waals surface area contributed by atoms with Crippen molar-refractivity contribution in [2.75, 3.05) is 0 Å². The molecule has 10 rings (SSSR count). The number of benzene rings is 6. The van der Waals surface area contributed by atoms with Crippen molar-refractivity contribution >= 4 is 53.6 Å². The molecule has 0 saturated heterocycles. The molecule has 5 heteroatoms. The van der Waals surface area contributed by atoms with Crippen LogP contribution in [0.25, 0.3) is 75.9 Å². The van der Waals surface area contributed by atoms with Gasteiger partial charge in [-0.25, -0.2) is 19.9 Å². The van der Waals surface area contributed by atoms with Gasteiger partial charge in [0.15, 0.2) is 0 Å². The summed E-state index contributed by atoms with van der Waals surface area (Å²) in [4.78, 5) is 19.3. The van der Waals surface area contributed by atoms with Gasteiger partial charge in [0.2, 0.25) is 0 Å². The number of hydrogen-bond acceptors (Lipinski definition) is 5. The summed E-state index contributed by atoms with van der Waals surface area (Å²) >= 11 is 1.83. The minimum atomic E-state index is 0.000117. The van der Waals surface area contributed by atoms with Crippen LogP contribution in [0.1, 0.15) is 36.4 Å². The number of aromatic nitrogens is 4. The first-order valence-electron chi connectivity index (χ1n) is 17.0. The second-order valence-corrected chi connectivity index (χ2v) is 14.6. The molecule has 3 aromatic heterocycles. The van der Waals surface area contributed by atoms with Crippen molar-refractivity contribution in [2.45, 2.75) is 33.1 Å². The maximum atomic E-state index is 4.91. The highest BCUT2D eigenvalue weighted by Crippen LogP contribution is 2.49. The molecule has 0 amide bonds. The number of hydrogen-bond donors (Lipinski definition) is 0. The van der Waals surface area contributed by atoms with Gasteiger partial charge in [0, 0.05) is 36.7 Å². The zero-order chi connectivity index (χ0) is 34.0. The number of para-hydroxylation sites is 4. The third kappa shape index (κ3) is 4.88. The Kier molecular flexibility index (Phi) is 7.08. The first-order chi connectivity index (χ1) is 24.4. The second-order valence-electron chi connectivity index (χ2n) is 13.5. The molecular formula is C45H34N4S. The molecule has 0 bridgehead atoms. The Morgan fingerprint density at radius 2 is 1.00 bits per heavy atom. The van der Waals surface area contributed by atoms with E-state index in [0.717, 1.165) is 50.4 Å². The van der Waals surface area contributed by atoms with Crippen LogP contribution < -0.4 is 0 Å². The van der Waals surface area contributed by atoms with Crippen LogP contribution in [0.4, 0.5) is 0 Å². The van der Waals surface area contributed by atoms with Crippen LogP contribution in [0.2, 0.25) is 0 Å². The third-order valence-electron chi connectivity index (χ3n) is 10.0. The Morgan fingerprint density at radius 1 is 0.460 bits per heavy atom. The van der Waals surface area contributed by atoms with Crippen molar-refractivity contribution in [3.8, 4) is 33.6 Å². The van der Waals surface area contributed by atoms with Gasteiger partial charge in [0.25, 0.3) is 0 Å². The van der Waals surface area contributed by atoms with E-state index in [1.807, 2.05) is 73.7 Å². The van der Waals surface area contributed by atoms with Gasteiger partial charge in [0.1, 0.15) is 0 Å². The van der Waals surface area contributed by atoms with Gasteiger partial charge in [-0.15, -0.1) is 11.3 Å². The van der Waals surface area contributed by atoms with E-state index in [4.69, 9.17) is 19.9 Å². The highest BCUT2D eigenvalue weighted by molar-refractivity contribution is 7.26. The van der Waals surface area contributed by atoms with E-state index in [1.54, 1.807) is 0 Å². The summed E-state index contributed by atoms with van der Waals surface area (Å²) in [5, 5.41) is 2.60. The van der Waals surface area contributed by atoms with E-state index < -0.39 is 0 Å². The van der Waals surface area contributed by atoms with Gasteiger partial charge in [-0.05, 0) is 72.5 Å². The molecule has 50 heavy (non-hydrogen) atoms. The summed E-state index contributed by atoms with van der Waals surface area (Å²) in [6, 6.07) is 46.6. The van der Waals surface area contributed by atoms with Crippen LogP contribution in [0.5, 0.6) is 0 Å². The lowest BCUT2D eigenvalue weighted by molar-refractivity contribution is 0.660. The maximum absolute atomic E-state index is 4.91. The molecule has 1 aliphatic carbocycles. The predicted octanol–water partition coefficient (Wildman–Crippen LogP) is 11.9. The monoisotopic (exact) mass is 662 g/mol. The van der Waals surface area contributed by atoms with Crippen molar-refractivity contribution in [2.24, 2.45) is 0 Å². The molecule has 0 atom stereocenters. The number of nitrogens with zero attached hydrogens (tertiary/aromatic N) is 4. The first-order valence-corrected chi connectivity index (χ1v) is 17.8. The Hall–Kier alpha value is -5.78. The standard InChI is InChI=1S/C24H20N2.C21H14N2S/c1-15-23(26-22-11-7-6-10-21(22)25-15)16-12-13-18-17-8-4-5-9-19(17)24(2,3)20(18)14-16;1-13-20(23-18-11-4-3-10-17(18)22-13)16-9-6-8-15-14-7-2-5-12-19(14)24-21(15)16/h4-14H,1-3H3;2-12H,1H3. The molecule has 0 N–H and O–H groups in total. The zero-order valence-corrected chi connectivity index (χ0v) is 29.2. The normalized spacial score (nSPS) is 13.0. The molecule has 0 saturated carbocycles. The molecule has 4 nitrogen and oxygen atoms in total. The molecule has 3 heterocycles. The smallest absolute Gasteiger partial charge is 0.0936 e. The van der Waals surface area contributed by atoms with Crippen LogP contribution in [0, 0.1) is 13.8 Å². The van der Waals surface area contributed by atoms with E-state index in [0.29, 0.717) is 0 Å². The summed E-state index contributed by atoms with van der Waals surface area (Å²) < 4.78 is 2.60. The Labute approximate surface area is 295 Å². The fourth-order valence-electron chi connectivity index (χ4n) is 7.49. The summed E-state index contributed by atoms with van der Waals surface area (Å²) in [7, 11) is 0. The maximum Gasteiger partial charge on any atom is 0.0936 e. The summed E-state index contributed by atoms with van der Waals surface area (Å²) in [5.41, 5.74) is 15.4. The third-order valence-corrected chi connectivity index (χ3v) is 11.2. The number of fused-ring (bicyclic) bond motifs is 8. The van der Waals surface area contributed by atoms with Gasteiger partial charge < -0.3 is 0 Å². The molecule has 0 fully saturated rings. The molecule has 0 radical (unpaired) electrons. The molecular weight excluding hydrogens is 629 g/mol. The Balaban J connectivity index is 0.000000135. The van der Waals surface area contributed by atoms with Crippen molar-refractivity contribution in [3.63, 3.8) is 0 Å². The molecule has 6 aromatic carbocycles. The molecule has 240 valence electrons. The van der Waals surface area contributed by atoms with Crippen LogP contribution in [-0.4, -0.2) is 19.9 Å². The molecule has 9 aromatic rings.